The van der Waals surface area contributed by atoms with E-state index in [1.54, 1.807) is 24.2 Å². The third kappa shape index (κ3) is 6.01. The maximum Gasteiger partial charge on any atom is 0.319 e. The molecule has 0 radical (unpaired) electrons. The number of benzene rings is 2. The van der Waals surface area contributed by atoms with Gasteiger partial charge in [0.15, 0.2) is 0 Å². The van der Waals surface area contributed by atoms with Gasteiger partial charge in [0.2, 0.25) is 5.91 Å². The zero-order valence-corrected chi connectivity index (χ0v) is 21.4. The van der Waals surface area contributed by atoms with E-state index in [9.17, 15) is 4.79 Å². The van der Waals surface area contributed by atoms with E-state index in [0.717, 1.165) is 22.3 Å². The van der Waals surface area contributed by atoms with Gasteiger partial charge in [-0.1, -0.05) is 29.8 Å². The second-order valence-corrected chi connectivity index (χ2v) is 9.17. The summed E-state index contributed by atoms with van der Waals surface area (Å²) in [5.41, 5.74) is 1.60. The van der Waals surface area contributed by atoms with E-state index < -0.39 is 5.60 Å². The van der Waals surface area contributed by atoms with Gasteiger partial charge in [0.25, 0.3) is 0 Å². The monoisotopic (exact) mass is 505 g/mol. The lowest BCUT2D eigenvalue weighted by molar-refractivity contribution is -0.127. The van der Waals surface area contributed by atoms with Crippen LogP contribution in [0.2, 0.25) is 5.02 Å². The first-order chi connectivity index (χ1) is 17.2. The molecule has 2 heterocycles. The molecule has 0 saturated heterocycles. The fourth-order valence-electron chi connectivity index (χ4n) is 3.49. The molecule has 4 aromatic rings. The summed E-state index contributed by atoms with van der Waals surface area (Å²) < 4.78 is 11.9. The quantitative estimate of drug-likeness (QED) is 0.317. The smallest absolute Gasteiger partial charge is 0.319 e. The summed E-state index contributed by atoms with van der Waals surface area (Å²) in [6.07, 6.45) is 1.74. The van der Waals surface area contributed by atoms with Crippen LogP contribution in [0.15, 0.2) is 66.9 Å². The molecule has 0 bridgehead atoms. The molecule has 4 rings (SSSR count). The lowest BCUT2D eigenvalue weighted by Gasteiger charge is -2.26. The predicted octanol–water partition coefficient (Wildman–Crippen LogP) is 5.59. The number of ether oxygens (including phenoxy) is 2. The summed E-state index contributed by atoms with van der Waals surface area (Å²) in [4.78, 5) is 26.4. The molecule has 0 unspecified atom stereocenters. The van der Waals surface area contributed by atoms with Gasteiger partial charge >= 0.3 is 6.01 Å². The number of anilines is 2. The lowest BCUT2D eigenvalue weighted by Crippen LogP contribution is -2.28. The molecule has 0 fully saturated rings. The maximum absolute atomic E-state index is 11.4. The van der Waals surface area contributed by atoms with Gasteiger partial charge in [-0.25, -0.2) is 0 Å². The van der Waals surface area contributed by atoms with E-state index in [-0.39, 0.29) is 18.5 Å². The van der Waals surface area contributed by atoms with E-state index >= 15 is 0 Å². The molecule has 0 aliphatic heterocycles. The number of carbonyl (C=O) groups is 1. The second-order valence-electron chi connectivity index (χ2n) is 8.76. The predicted molar refractivity (Wildman–Crippen MR) is 141 cm³/mol. The Morgan fingerprint density at radius 2 is 1.86 bits per heavy atom. The number of rotatable bonds is 9. The van der Waals surface area contributed by atoms with Gasteiger partial charge in [0.05, 0.1) is 22.8 Å². The molecule has 9 heteroatoms. The summed E-state index contributed by atoms with van der Waals surface area (Å²) in [6.45, 7) is 6.11. The third-order valence-electron chi connectivity index (χ3n) is 5.62. The second kappa shape index (κ2) is 10.8. The van der Waals surface area contributed by atoms with E-state index in [4.69, 9.17) is 21.1 Å². The van der Waals surface area contributed by atoms with Crippen LogP contribution in [0.3, 0.4) is 0 Å². The number of para-hydroxylation sites is 1. The molecular formula is C27H28ClN5O3. The molecule has 2 aromatic carbocycles. The first-order valence-corrected chi connectivity index (χ1v) is 11.9. The van der Waals surface area contributed by atoms with Gasteiger partial charge in [-0.3, -0.25) is 9.78 Å². The van der Waals surface area contributed by atoms with Crippen LogP contribution in [0.25, 0.3) is 10.9 Å². The summed E-state index contributed by atoms with van der Waals surface area (Å²) in [6, 6.07) is 19.0. The van der Waals surface area contributed by atoms with Crippen molar-refractivity contribution < 1.29 is 14.3 Å². The summed E-state index contributed by atoms with van der Waals surface area (Å²) in [5.74, 6) is 1.09. The number of aromatic nitrogens is 3. The number of nitrogens with zero attached hydrogens (tertiary/aromatic N) is 4. The maximum atomic E-state index is 11.4. The molecule has 36 heavy (non-hydrogen) atoms. The largest absolute Gasteiger partial charge is 0.480 e. The van der Waals surface area contributed by atoms with Crippen LogP contribution >= 0.6 is 11.6 Å². The van der Waals surface area contributed by atoms with E-state index in [1.165, 1.54) is 6.92 Å². The number of halogens is 1. The Hall–Kier alpha value is -3.91. The summed E-state index contributed by atoms with van der Waals surface area (Å²) >= 11 is 6.59. The van der Waals surface area contributed by atoms with E-state index in [1.807, 2.05) is 68.4 Å². The van der Waals surface area contributed by atoms with Crippen LogP contribution in [0.4, 0.5) is 11.5 Å². The third-order valence-corrected chi connectivity index (χ3v) is 5.91. The number of hydrogen-bond acceptors (Lipinski definition) is 7. The van der Waals surface area contributed by atoms with Crippen molar-refractivity contribution >= 4 is 39.9 Å². The highest BCUT2D eigenvalue weighted by molar-refractivity contribution is 6.32. The Bertz CT molecular complexity index is 1360. The van der Waals surface area contributed by atoms with Crippen LogP contribution < -0.4 is 14.8 Å². The number of fused-ring (bicyclic) bond motifs is 1. The summed E-state index contributed by atoms with van der Waals surface area (Å²) in [5, 5.41) is 4.60. The van der Waals surface area contributed by atoms with Crippen LogP contribution in [0, 0.1) is 0 Å². The average Bonchev–Trinajstić information content (AvgIpc) is 2.86. The molecule has 0 aliphatic rings. The number of hydrogen-bond donors (Lipinski definition) is 1. The number of carbonyl (C=O) groups excluding carboxylic acids is 1. The van der Waals surface area contributed by atoms with Gasteiger partial charge in [-0.05, 0) is 56.3 Å². The molecule has 0 aliphatic carbocycles. The number of pyridine rings is 1. The van der Waals surface area contributed by atoms with Gasteiger partial charge in [0, 0.05) is 31.2 Å². The zero-order valence-electron chi connectivity index (χ0n) is 20.7. The minimum Gasteiger partial charge on any atom is -0.480 e. The van der Waals surface area contributed by atoms with Crippen molar-refractivity contribution in [3.8, 4) is 11.8 Å². The Kier molecular flexibility index (Phi) is 7.55. The van der Waals surface area contributed by atoms with Gasteiger partial charge in [0.1, 0.15) is 23.8 Å². The first kappa shape index (κ1) is 25.2. The standard InChI is InChI=1S/C27H28ClN5O3/c1-18(34)33(4)15-16-35-26-31-22-10-6-5-9-20(22)25(32-26)30-19-12-13-23(21(28)17-19)36-27(2,3)24-11-7-8-14-29-24/h5-14,17H,15-16H2,1-4H3,(H,30,31,32). The molecule has 0 saturated carbocycles. The SMILES string of the molecule is CC(=O)N(C)CCOc1nc(Nc2ccc(OC(C)(C)c3ccccn3)c(Cl)c2)c2ccccc2n1. The van der Waals surface area contributed by atoms with Crippen molar-refractivity contribution in [2.75, 3.05) is 25.5 Å². The van der Waals surface area contributed by atoms with Crippen molar-refractivity contribution in [3.05, 3.63) is 77.6 Å². The topological polar surface area (TPSA) is 89.5 Å². The number of nitrogens with one attached hydrogen (secondary N) is 1. The van der Waals surface area contributed by atoms with E-state index in [0.29, 0.717) is 23.1 Å². The van der Waals surface area contributed by atoms with Gasteiger partial charge in [-0.2, -0.15) is 9.97 Å². The first-order valence-electron chi connectivity index (χ1n) is 11.5. The van der Waals surface area contributed by atoms with Crippen molar-refractivity contribution in [2.45, 2.75) is 26.4 Å². The highest BCUT2D eigenvalue weighted by Crippen LogP contribution is 2.35. The van der Waals surface area contributed by atoms with Crippen molar-refractivity contribution in [1.82, 2.24) is 19.9 Å². The van der Waals surface area contributed by atoms with E-state index in [2.05, 4.69) is 20.3 Å². The minimum atomic E-state index is -0.661. The Labute approximate surface area is 215 Å². The van der Waals surface area contributed by atoms with Crippen molar-refractivity contribution in [1.29, 1.82) is 0 Å². The normalized spacial score (nSPS) is 11.2. The zero-order chi connectivity index (χ0) is 25.7. The van der Waals surface area contributed by atoms with Gasteiger partial charge < -0.3 is 19.7 Å². The fraction of sp³-hybridized carbons (Fsp3) is 0.259. The molecule has 1 amide bonds. The lowest BCUT2D eigenvalue weighted by atomic mass is 10.0. The average molecular weight is 506 g/mol. The van der Waals surface area contributed by atoms with Crippen molar-refractivity contribution in [2.24, 2.45) is 0 Å². The van der Waals surface area contributed by atoms with Gasteiger partial charge in [-0.15, -0.1) is 0 Å². The Morgan fingerprint density at radius 1 is 1.08 bits per heavy atom. The molecule has 0 spiro atoms. The molecule has 2 aromatic heterocycles. The van der Waals surface area contributed by atoms with Crippen LogP contribution in [0.5, 0.6) is 11.8 Å². The summed E-state index contributed by atoms with van der Waals surface area (Å²) in [7, 11) is 1.72. The number of amides is 1. The van der Waals surface area contributed by atoms with Crippen LogP contribution in [-0.2, 0) is 10.4 Å². The minimum absolute atomic E-state index is 0.0342. The fourth-order valence-corrected chi connectivity index (χ4v) is 3.71. The molecule has 0 atom stereocenters. The molecule has 1 N–H and O–H groups in total. The molecule has 8 nitrogen and oxygen atoms in total. The van der Waals surface area contributed by atoms with Crippen molar-refractivity contribution in [3.63, 3.8) is 0 Å². The Balaban J connectivity index is 1.54. The van der Waals surface area contributed by atoms with Crippen LogP contribution in [-0.4, -0.2) is 46.0 Å². The Morgan fingerprint density at radius 3 is 2.58 bits per heavy atom. The number of likely N-dealkylation sites (N-methyl/N-ethyl adjacent to an activating group) is 1. The highest BCUT2D eigenvalue weighted by Gasteiger charge is 2.25. The molecular weight excluding hydrogens is 478 g/mol. The molecule has 186 valence electrons. The highest BCUT2D eigenvalue weighted by atomic mass is 35.5. The van der Waals surface area contributed by atoms with Crippen LogP contribution in [0.1, 0.15) is 26.5 Å².